The van der Waals surface area contributed by atoms with Gasteiger partial charge in [0.15, 0.2) is 5.82 Å². The predicted octanol–water partition coefficient (Wildman–Crippen LogP) is 4.08. The third kappa shape index (κ3) is 4.04. The molecule has 4 rings (SSSR count). The van der Waals surface area contributed by atoms with Crippen LogP contribution in [0.1, 0.15) is 24.0 Å². The molecular formula is C21H19F3N4O3S. The molecule has 32 heavy (non-hydrogen) atoms. The minimum atomic E-state index is -4.46. The van der Waals surface area contributed by atoms with Gasteiger partial charge in [-0.3, -0.25) is 23.4 Å². The molecule has 1 aliphatic heterocycles. The molecule has 1 aliphatic rings. The average molecular weight is 464 g/mol. The van der Waals surface area contributed by atoms with E-state index in [2.05, 4.69) is 9.97 Å². The van der Waals surface area contributed by atoms with Crippen molar-refractivity contribution >= 4 is 34.8 Å². The smallest absolute Gasteiger partial charge is 0.416 e. The fraction of sp³-hybridized carbons (Fsp3) is 0.333. The van der Waals surface area contributed by atoms with Crippen molar-refractivity contribution in [3.05, 3.63) is 41.6 Å². The van der Waals surface area contributed by atoms with Gasteiger partial charge in [0, 0.05) is 30.9 Å². The maximum atomic E-state index is 13.1. The fourth-order valence-electron chi connectivity index (χ4n) is 3.59. The third-order valence-electron chi connectivity index (χ3n) is 5.22. The highest BCUT2D eigenvalue weighted by atomic mass is 32.2. The number of imide groups is 1. The first-order chi connectivity index (χ1) is 15.2. The maximum Gasteiger partial charge on any atom is 0.416 e. The molecular weight excluding hydrogens is 445 g/mol. The van der Waals surface area contributed by atoms with Gasteiger partial charge in [0.1, 0.15) is 18.1 Å². The summed E-state index contributed by atoms with van der Waals surface area (Å²) in [5.74, 6) is 0.472. The second kappa shape index (κ2) is 8.45. The third-order valence-corrected chi connectivity index (χ3v) is 5.95. The Morgan fingerprint density at radius 3 is 2.53 bits per heavy atom. The van der Waals surface area contributed by atoms with Gasteiger partial charge < -0.3 is 4.74 Å². The lowest BCUT2D eigenvalue weighted by molar-refractivity contribution is -0.139. The summed E-state index contributed by atoms with van der Waals surface area (Å²) in [6, 6.07) is 5.10. The second-order valence-electron chi connectivity index (χ2n) is 7.18. The molecule has 0 saturated carbocycles. The van der Waals surface area contributed by atoms with Gasteiger partial charge >= 0.3 is 6.18 Å². The Bertz CT molecular complexity index is 1190. The van der Waals surface area contributed by atoms with E-state index in [1.165, 1.54) is 29.1 Å². The highest BCUT2D eigenvalue weighted by Crippen LogP contribution is 2.35. The van der Waals surface area contributed by atoms with E-state index in [-0.39, 0.29) is 43.3 Å². The first kappa shape index (κ1) is 22.1. The zero-order chi connectivity index (χ0) is 23.0. The minimum absolute atomic E-state index is 0.121. The highest BCUT2D eigenvalue weighted by molar-refractivity contribution is 7.97. The molecule has 0 N–H and O–H groups in total. The van der Waals surface area contributed by atoms with E-state index in [1.54, 1.807) is 23.2 Å². The molecule has 0 spiro atoms. The summed E-state index contributed by atoms with van der Waals surface area (Å²) < 4.78 is 46.8. The van der Waals surface area contributed by atoms with Crippen LogP contribution in [-0.2, 0) is 15.8 Å². The number of hydrogen-bond acceptors (Lipinski definition) is 6. The number of aromatic nitrogens is 3. The fourth-order valence-corrected chi connectivity index (χ4v) is 4.24. The van der Waals surface area contributed by atoms with Gasteiger partial charge in [0.25, 0.3) is 0 Å². The monoisotopic (exact) mass is 464 g/mol. The summed E-state index contributed by atoms with van der Waals surface area (Å²) in [7, 11) is 0. The zero-order valence-electron chi connectivity index (χ0n) is 17.3. The van der Waals surface area contributed by atoms with Crippen LogP contribution in [0.5, 0.6) is 5.75 Å². The predicted molar refractivity (Wildman–Crippen MR) is 113 cm³/mol. The van der Waals surface area contributed by atoms with E-state index >= 15 is 0 Å². The lowest BCUT2D eigenvalue weighted by Gasteiger charge is -2.16. The summed E-state index contributed by atoms with van der Waals surface area (Å²) in [6.45, 7) is 2.04. The number of carbonyl (C=O) groups excluding carboxylic acids is 2. The Labute approximate surface area is 185 Å². The number of fused-ring (bicyclic) bond motifs is 1. The average Bonchev–Trinajstić information content (AvgIpc) is 3.27. The number of benzene rings is 1. The van der Waals surface area contributed by atoms with Gasteiger partial charge in [-0.25, -0.2) is 4.98 Å². The number of carbonyl (C=O) groups is 2. The standard InChI is InChI=1S/C21H19F3N4O3S/c1-12-16(31-10-9-27-17(29)5-6-18(27)30)7-8-25-19(12)20-26-14-11-13(21(22,23)24)3-4-15(14)28(20)32-2/h3-4,7-8,11H,5-6,9-10H2,1-2H3. The van der Waals surface area contributed by atoms with Crippen LogP contribution in [0.4, 0.5) is 13.2 Å². The van der Waals surface area contributed by atoms with E-state index in [1.807, 2.05) is 0 Å². The van der Waals surface area contributed by atoms with Gasteiger partial charge in [-0.15, -0.1) is 0 Å². The number of halogens is 3. The largest absolute Gasteiger partial charge is 0.491 e. The molecule has 1 fully saturated rings. The Balaban J connectivity index is 1.63. The summed E-state index contributed by atoms with van der Waals surface area (Å²) in [5.41, 5.74) is 1.10. The number of hydrogen-bond donors (Lipinski definition) is 0. The van der Waals surface area contributed by atoms with E-state index in [9.17, 15) is 22.8 Å². The first-order valence-electron chi connectivity index (χ1n) is 9.77. The summed E-state index contributed by atoms with van der Waals surface area (Å²) in [5, 5.41) is 0. The second-order valence-corrected chi connectivity index (χ2v) is 7.91. The number of nitrogens with zero attached hydrogens (tertiary/aromatic N) is 4. The van der Waals surface area contributed by atoms with Crippen molar-refractivity contribution in [2.75, 3.05) is 19.4 Å². The molecule has 0 radical (unpaired) electrons. The Morgan fingerprint density at radius 2 is 1.88 bits per heavy atom. The van der Waals surface area contributed by atoms with Gasteiger partial charge in [-0.1, -0.05) is 0 Å². The van der Waals surface area contributed by atoms with Crippen LogP contribution >= 0.6 is 11.9 Å². The molecule has 2 amide bonds. The Kier molecular flexibility index (Phi) is 5.85. The van der Waals surface area contributed by atoms with Gasteiger partial charge in [0.2, 0.25) is 11.8 Å². The highest BCUT2D eigenvalue weighted by Gasteiger charge is 2.31. The number of imidazole rings is 1. The van der Waals surface area contributed by atoms with Crippen molar-refractivity contribution < 1.29 is 27.5 Å². The lowest BCUT2D eigenvalue weighted by Crippen LogP contribution is -2.33. The van der Waals surface area contributed by atoms with Crippen LogP contribution in [0, 0.1) is 6.92 Å². The topological polar surface area (TPSA) is 77.3 Å². The van der Waals surface area contributed by atoms with Crippen LogP contribution in [-0.4, -0.2) is 50.1 Å². The SMILES string of the molecule is CSn1c(-c2nccc(OCCN3C(=O)CCC3=O)c2C)nc2cc(C(F)(F)F)ccc21. The quantitative estimate of drug-likeness (QED) is 0.512. The first-order valence-corrected chi connectivity index (χ1v) is 10.9. The van der Waals surface area contributed by atoms with Crippen LogP contribution < -0.4 is 4.74 Å². The molecule has 0 atom stereocenters. The van der Waals surface area contributed by atoms with Crippen molar-refractivity contribution in [1.29, 1.82) is 0 Å². The van der Waals surface area contributed by atoms with Gasteiger partial charge in [-0.2, -0.15) is 13.2 Å². The lowest BCUT2D eigenvalue weighted by atomic mass is 10.2. The van der Waals surface area contributed by atoms with Crippen molar-refractivity contribution in [3.8, 4) is 17.3 Å². The number of alkyl halides is 3. The van der Waals surface area contributed by atoms with Crippen molar-refractivity contribution in [1.82, 2.24) is 18.8 Å². The molecule has 0 bridgehead atoms. The van der Waals surface area contributed by atoms with Crippen molar-refractivity contribution in [2.45, 2.75) is 25.9 Å². The molecule has 3 aromatic rings. The molecule has 11 heteroatoms. The Morgan fingerprint density at radius 1 is 1.16 bits per heavy atom. The van der Waals surface area contributed by atoms with Crippen LogP contribution in [0.3, 0.4) is 0 Å². The van der Waals surface area contributed by atoms with Crippen LogP contribution in [0.25, 0.3) is 22.6 Å². The Hall–Kier alpha value is -3.08. The minimum Gasteiger partial charge on any atom is -0.491 e. The van der Waals surface area contributed by atoms with Crippen molar-refractivity contribution in [3.63, 3.8) is 0 Å². The number of ether oxygens (including phenoxy) is 1. The van der Waals surface area contributed by atoms with Crippen LogP contribution in [0.15, 0.2) is 30.5 Å². The molecule has 0 unspecified atom stereocenters. The summed E-state index contributed by atoms with van der Waals surface area (Å²) in [4.78, 5) is 33.4. The zero-order valence-corrected chi connectivity index (χ0v) is 18.1. The summed E-state index contributed by atoms with van der Waals surface area (Å²) in [6.07, 6.45) is -0.703. The van der Waals surface area contributed by atoms with E-state index in [0.29, 0.717) is 28.3 Å². The summed E-state index contributed by atoms with van der Waals surface area (Å²) >= 11 is 1.30. The molecule has 0 aliphatic carbocycles. The maximum absolute atomic E-state index is 13.1. The van der Waals surface area contributed by atoms with E-state index < -0.39 is 11.7 Å². The molecule has 7 nitrogen and oxygen atoms in total. The van der Waals surface area contributed by atoms with Crippen LogP contribution in [0.2, 0.25) is 0 Å². The molecule has 168 valence electrons. The van der Waals surface area contributed by atoms with Crippen molar-refractivity contribution in [2.24, 2.45) is 0 Å². The number of likely N-dealkylation sites (tertiary alicyclic amines) is 1. The molecule has 1 saturated heterocycles. The molecule has 1 aromatic carbocycles. The van der Waals surface area contributed by atoms with Gasteiger partial charge in [-0.05, 0) is 43.1 Å². The molecule has 3 heterocycles. The number of rotatable bonds is 6. The number of pyridine rings is 1. The van der Waals surface area contributed by atoms with E-state index in [4.69, 9.17) is 4.74 Å². The normalized spacial score (nSPS) is 14.6. The molecule has 2 aromatic heterocycles. The number of amides is 2. The van der Waals surface area contributed by atoms with Gasteiger partial charge in [0.05, 0.1) is 23.1 Å². The van der Waals surface area contributed by atoms with E-state index in [0.717, 1.165) is 12.1 Å².